The van der Waals surface area contributed by atoms with E-state index in [4.69, 9.17) is 9.63 Å². The van der Waals surface area contributed by atoms with Gasteiger partial charge < -0.3 is 14.9 Å². The minimum Gasteiger partial charge on any atom is -0.481 e. The summed E-state index contributed by atoms with van der Waals surface area (Å²) in [7, 11) is 0. The summed E-state index contributed by atoms with van der Waals surface area (Å²) in [5, 5.41) is 15.5. The van der Waals surface area contributed by atoms with Crippen molar-refractivity contribution in [2.75, 3.05) is 6.54 Å². The lowest BCUT2D eigenvalue weighted by Gasteiger charge is -2.11. The van der Waals surface area contributed by atoms with Crippen molar-refractivity contribution in [3.05, 3.63) is 35.5 Å². The molecule has 2 aromatic rings. The second-order valence-corrected chi connectivity index (χ2v) is 6.10. The van der Waals surface area contributed by atoms with E-state index in [1.807, 2.05) is 6.92 Å². The zero-order chi connectivity index (χ0) is 19.1. The standard InChI is InChI=1S/C18H22FN3O4/c1-3-4-13(18(24)25)10-20-15(23)7-8-16-21-17(22-26-16)12-5-6-14(19)11(2)9-12/h5-6,9,13H,3-4,7-8,10H2,1-2H3,(H,20,23)(H,24,25). The van der Waals surface area contributed by atoms with Gasteiger partial charge in [-0.15, -0.1) is 0 Å². The Kier molecular flexibility index (Phi) is 6.82. The van der Waals surface area contributed by atoms with Gasteiger partial charge in [0, 0.05) is 24.9 Å². The van der Waals surface area contributed by atoms with Crippen LogP contribution >= 0.6 is 0 Å². The molecule has 8 heteroatoms. The van der Waals surface area contributed by atoms with Gasteiger partial charge >= 0.3 is 5.97 Å². The lowest BCUT2D eigenvalue weighted by atomic mass is 10.0. The second-order valence-electron chi connectivity index (χ2n) is 6.10. The molecule has 2 N–H and O–H groups in total. The highest BCUT2D eigenvalue weighted by molar-refractivity contribution is 5.77. The van der Waals surface area contributed by atoms with Crippen molar-refractivity contribution in [2.45, 2.75) is 39.5 Å². The predicted octanol–water partition coefficient (Wildman–Crippen LogP) is 2.73. The highest BCUT2D eigenvalue weighted by Gasteiger charge is 2.17. The molecular weight excluding hydrogens is 341 g/mol. The van der Waals surface area contributed by atoms with Gasteiger partial charge in [0.05, 0.1) is 5.92 Å². The Hall–Kier alpha value is -2.77. The molecule has 0 radical (unpaired) electrons. The van der Waals surface area contributed by atoms with Crippen molar-refractivity contribution >= 4 is 11.9 Å². The first-order valence-corrected chi connectivity index (χ1v) is 8.49. The Morgan fingerprint density at radius 1 is 1.38 bits per heavy atom. The Morgan fingerprint density at radius 3 is 2.81 bits per heavy atom. The maximum absolute atomic E-state index is 13.3. The maximum atomic E-state index is 13.3. The number of nitrogens with one attached hydrogen (secondary N) is 1. The largest absolute Gasteiger partial charge is 0.481 e. The molecule has 1 heterocycles. The van der Waals surface area contributed by atoms with Crippen molar-refractivity contribution in [1.82, 2.24) is 15.5 Å². The number of aromatic nitrogens is 2. The molecule has 1 aromatic carbocycles. The number of rotatable bonds is 9. The molecule has 0 fully saturated rings. The summed E-state index contributed by atoms with van der Waals surface area (Å²) >= 11 is 0. The zero-order valence-electron chi connectivity index (χ0n) is 14.8. The third kappa shape index (κ3) is 5.37. The number of benzene rings is 1. The molecule has 2 rings (SSSR count). The number of amides is 1. The number of carbonyl (C=O) groups is 2. The van der Waals surface area contributed by atoms with E-state index in [0.717, 1.165) is 6.42 Å². The summed E-state index contributed by atoms with van der Waals surface area (Å²) in [4.78, 5) is 27.1. The van der Waals surface area contributed by atoms with Crippen LogP contribution in [0, 0.1) is 18.7 Å². The topological polar surface area (TPSA) is 105 Å². The fourth-order valence-corrected chi connectivity index (χ4v) is 2.46. The summed E-state index contributed by atoms with van der Waals surface area (Å²) in [6.45, 7) is 3.65. The number of aryl methyl sites for hydroxylation is 2. The van der Waals surface area contributed by atoms with Gasteiger partial charge in [-0.2, -0.15) is 4.98 Å². The number of carboxylic acids is 1. The van der Waals surface area contributed by atoms with Crippen LogP contribution in [0.25, 0.3) is 11.4 Å². The van der Waals surface area contributed by atoms with E-state index < -0.39 is 11.9 Å². The van der Waals surface area contributed by atoms with Gasteiger partial charge in [-0.05, 0) is 37.1 Å². The minimum absolute atomic E-state index is 0.103. The van der Waals surface area contributed by atoms with E-state index in [1.165, 1.54) is 6.07 Å². The molecule has 0 aliphatic rings. The van der Waals surface area contributed by atoms with Gasteiger partial charge in [-0.3, -0.25) is 9.59 Å². The number of aliphatic carboxylic acids is 1. The number of nitrogens with zero attached hydrogens (tertiary/aromatic N) is 2. The summed E-state index contributed by atoms with van der Waals surface area (Å²) in [5.74, 6) is -1.46. The Labute approximate surface area is 150 Å². The van der Waals surface area contributed by atoms with Crippen molar-refractivity contribution < 1.29 is 23.6 Å². The first-order chi connectivity index (χ1) is 12.4. The molecule has 1 unspecified atom stereocenters. The third-order valence-corrected chi connectivity index (χ3v) is 3.98. The summed E-state index contributed by atoms with van der Waals surface area (Å²) in [6, 6.07) is 4.52. The summed E-state index contributed by atoms with van der Waals surface area (Å²) in [5.41, 5.74) is 1.11. The molecule has 1 aromatic heterocycles. The quantitative estimate of drug-likeness (QED) is 0.710. The molecule has 0 bridgehead atoms. The van der Waals surface area contributed by atoms with Crippen LogP contribution in [-0.4, -0.2) is 33.7 Å². The average Bonchev–Trinajstić information content (AvgIpc) is 3.08. The van der Waals surface area contributed by atoms with Gasteiger partial charge in [0.25, 0.3) is 0 Å². The van der Waals surface area contributed by atoms with Crippen LogP contribution in [-0.2, 0) is 16.0 Å². The van der Waals surface area contributed by atoms with Crippen LogP contribution in [0.3, 0.4) is 0 Å². The lowest BCUT2D eigenvalue weighted by Crippen LogP contribution is -2.33. The molecule has 1 atom stereocenters. The van der Waals surface area contributed by atoms with Crippen LogP contribution < -0.4 is 5.32 Å². The first-order valence-electron chi connectivity index (χ1n) is 8.49. The molecule has 0 aliphatic heterocycles. The fraction of sp³-hybridized carbons (Fsp3) is 0.444. The van der Waals surface area contributed by atoms with Crippen molar-refractivity contribution in [3.63, 3.8) is 0 Å². The van der Waals surface area contributed by atoms with Crippen molar-refractivity contribution in [3.8, 4) is 11.4 Å². The fourth-order valence-electron chi connectivity index (χ4n) is 2.46. The number of hydrogen-bond acceptors (Lipinski definition) is 5. The first kappa shape index (κ1) is 19.6. The normalized spacial score (nSPS) is 12.0. The molecule has 0 saturated heterocycles. The summed E-state index contributed by atoms with van der Waals surface area (Å²) in [6.07, 6.45) is 1.60. The van der Waals surface area contributed by atoms with Crippen LogP contribution in [0.15, 0.2) is 22.7 Å². The SMILES string of the molecule is CCCC(CNC(=O)CCc1nc(-c2ccc(F)c(C)c2)no1)C(=O)O. The van der Waals surface area contributed by atoms with Gasteiger partial charge in [-0.1, -0.05) is 18.5 Å². The number of hydrogen-bond donors (Lipinski definition) is 2. The third-order valence-electron chi connectivity index (χ3n) is 3.98. The lowest BCUT2D eigenvalue weighted by molar-refractivity contribution is -0.141. The smallest absolute Gasteiger partial charge is 0.308 e. The molecule has 26 heavy (non-hydrogen) atoms. The van der Waals surface area contributed by atoms with E-state index >= 15 is 0 Å². The Bertz CT molecular complexity index is 776. The predicted molar refractivity (Wildman–Crippen MR) is 91.8 cm³/mol. The van der Waals surface area contributed by atoms with Crippen molar-refractivity contribution in [1.29, 1.82) is 0 Å². The molecule has 0 aliphatic carbocycles. The molecular formula is C18H22FN3O4. The van der Waals surface area contributed by atoms with Gasteiger partial charge in [0.1, 0.15) is 5.82 Å². The van der Waals surface area contributed by atoms with E-state index in [0.29, 0.717) is 29.3 Å². The van der Waals surface area contributed by atoms with Crippen LogP contribution in [0.4, 0.5) is 4.39 Å². The number of carboxylic acid groups (broad SMARTS) is 1. The zero-order valence-corrected chi connectivity index (χ0v) is 14.8. The summed E-state index contributed by atoms with van der Waals surface area (Å²) < 4.78 is 18.4. The van der Waals surface area contributed by atoms with Gasteiger partial charge in [-0.25, -0.2) is 4.39 Å². The number of halogens is 1. The number of carbonyl (C=O) groups excluding carboxylic acids is 1. The monoisotopic (exact) mass is 363 g/mol. The van der Waals surface area contributed by atoms with Crippen molar-refractivity contribution in [2.24, 2.45) is 5.92 Å². The molecule has 0 spiro atoms. The van der Waals surface area contributed by atoms with E-state index in [-0.39, 0.29) is 31.1 Å². The van der Waals surface area contributed by atoms with E-state index in [9.17, 15) is 14.0 Å². The Balaban J connectivity index is 1.86. The average molecular weight is 363 g/mol. The maximum Gasteiger partial charge on any atom is 0.308 e. The van der Waals surface area contributed by atoms with Crippen LogP contribution in [0.5, 0.6) is 0 Å². The highest BCUT2D eigenvalue weighted by atomic mass is 19.1. The molecule has 0 saturated carbocycles. The molecule has 140 valence electrons. The minimum atomic E-state index is -0.914. The van der Waals surface area contributed by atoms with E-state index in [2.05, 4.69) is 15.5 Å². The van der Waals surface area contributed by atoms with Crippen LogP contribution in [0.1, 0.15) is 37.6 Å². The highest BCUT2D eigenvalue weighted by Crippen LogP contribution is 2.19. The molecule has 7 nitrogen and oxygen atoms in total. The van der Waals surface area contributed by atoms with E-state index in [1.54, 1.807) is 19.1 Å². The van der Waals surface area contributed by atoms with Gasteiger partial charge in [0.15, 0.2) is 0 Å². The van der Waals surface area contributed by atoms with Gasteiger partial charge in [0.2, 0.25) is 17.6 Å². The second kappa shape index (κ2) is 9.07. The molecule has 1 amide bonds. The Morgan fingerprint density at radius 2 is 2.15 bits per heavy atom. The van der Waals surface area contributed by atoms with Crippen LogP contribution in [0.2, 0.25) is 0 Å².